The molecule has 128 valence electrons. The van der Waals surface area contributed by atoms with E-state index in [2.05, 4.69) is 29.6 Å². The summed E-state index contributed by atoms with van der Waals surface area (Å²) in [5.74, 6) is 0.691. The summed E-state index contributed by atoms with van der Waals surface area (Å²) in [5, 5.41) is 13.1. The van der Waals surface area contributed by atoms with Gasteiger partial charge in [0, 0.05) is 11.6 Å². The summed E-state index contributed by atoms with van der Waals surface area (Å²) in [4.78, 5) is 11.5. The van der Waals surface area contributed by atoms with Crippen LogP contribution in [0.3, 0.4) is 0 Å². The molecule has 3 atom stereocenters. The SMILES string of the molecule is COc1cccc([C@H]2Nc3c(ccc(C(=O)O)c3C)[C@H]3C=CC[C@@H]32)c1. The van der Waals surface area contributed by atoms with Crippen LogP contribution in [-0.4, -0.2) is 18.2 Å². The van der Waals surface area contributed by atoms with Gasteiger partial charge < -0.3 is 15.2 Å². The fourth-order valence-corrected chi connectivity index (χ4v) is 4.21. The minimum Gasteiger partial charge on any atom is -0.497 e. The maximum absolute atomic E-state index is 11.5. The quantitative estimate of drug-likeness (QED) is 0.809. The summed E-state index contributed by atoms with van der Waals surface area (Å²) < 4.78 is 5.38. The van der Waals surface area contributed by atoms with Crippen LogP contribution in [-0.2, 0) is 0 Å². The molecule has 0 radical (unpaired) electrons. The number of anilines is 1. The van der Waals surface area contributed by atoms with E-state index in [1.165, 1.54) is 11.1 Å². The van der Waals surface area contributed by atoms with Crippen LogP contribution in [0.2, 0.25) is 0 Å². The first kappa shape index (κ1) is 15.8. The number of rotatable bonds is 3. The number of nitrogens with one attached hydrogen (secondary N) is 1. The second-order valence-electron chi connectivity index (χ2n) is 6.76. The Kier molecular flexibility index (Phi) is 3.75. The average molecular weight is 335 g/mol. The smallest absolute Gasteiger partial charge is 0.336 e. The number of benzene rings is 2. The molecule has 0 unspecified atom stereocenters. The van der Waals surface area contributed by atoms with Gasteiger partial charge in [-0.25, -0.2) is 4.79 Å². The Bertz CT molecular complexity index is 871. The van der Waals surface area contributed by atoms with Gasteiger partial charge in [0.15, 0.2) is 0 Å². The highest BCUT2D eigenvalue weighted by atomic mass is 16.5. The van der Waals surface area contributed by atoms with Crippen molar-refractivity contribution in [3.8, 4) is 5.75 Å². The van der Waals surface area contributed by atoms with E-state index in [4.69, 9.17) is 4.74 Å². The van der Waals surface area contributed by atoms with E-state index < -0.39 is 5.97 Å². The van der Waals surface area contributed by atoms with Crippen LogP contribution in [0.25, 0.3) is 0 Å². The molecule has 4 nitrogen and oxygen atoms in total. The summed E-state index contributed by atoms with van der Waals surface area (Å²) in [5.41, 5.74) is 4.48. The first-order valence-corrected chi connectivity index (χ1v) is 8.54. The van der Waals surface area contributed by atoms with E-state index in [9.17, 15) is 9.90 Å². The molecule has 2 N–H and O–H groups in total. The minimum absolute atomic E-state index is 0.130. The number of methoxy groups -OCH3 is 1. The van der Waals surface area contributed by atoms with Crippen molar-refractivity contribution in [1.29, 1.82) is 0 Å². The molecule has 0 fully saturated rings. The van der Waals surface area contributed by atoms with Crippen LogP contribution in [0.1, 0.15) is 45.4 Å². The molecule has 0 aromatic heterocycles. The number of hydrogen-bond donors (Lipinski definition) is 2. The van der Waals surface area contributed by atoms with Gasteiger partial charge in [-0.3, -0.25) is 0 Å². The third kappa shape index (κ3) is 2.49. The van der Waals surface area contributed by atoms with Crippen LogP contribution in [0.4, 0.5) is 5.69 Å². The summed E-state index contributed by atoms with van der Waals surface area (Å²) >= 11 is 0. The fraction of sp³-hybridized carbons (Fsp3) is 0.286. The Morgan fingerprint density at radius 3 is 2.88 bits per heavy atom. The highest BCUT2D eigenvalue weighted by Crippen LogP contribution is 2.51. The van der Waals surface area contributed by atoms with Gasteiger partial charge in [-0.2, -0.15) is 0 Å². The largest absolute Gasteiger partial charge is 0.497 e. The van der Waals surface area contributed by atoms with Gasteiger partial charge in [0.1, 0.15) is 5.75 Å². The first-order chi connectivity index (χ1) is 12.1. The van der Waals surface area contributed by atoms with E-state index in [1.54, 1.807) is 13.2 Å². The van der Waals surface area contributed by atoms with Gasteiger partial charge in [-0.05, 0) is 54.2 Å². The van der Waals surface area contributed by atoms with Gasteiger partial charge in [0.25, 0.3) is 0 Å². The number of fused-ring (bicyclic) bond motifs is 3. The standard InChI is InChI=1S/C21H21NO3/c1-12-15(21(23)24)9-10-18-16-7-4-8-17(16)20(22-19(12)18)13-5-3-6-14(11-13)25-2/h3-7,9-11,16-17,20,22H,8H2,1-2H3,(H,23,24)/t16-,17-,20+/m0/s1. The normalized spacial score (nSPS) is 23.5. The first-order valence-electron chi connectivity index (χ1n) is 8.54. The van der Waals surface area contributed by atoms with E-state index in [-0.39, 0.29) is 6.04 Å². The molecule has 0 saturated carbocycles. The molecular formula is C21H21NO3. The van der Waals surface area contributed by atoms with Crippen LogP contribution in [0.5, 0.6) is 5.75 Å². The molecule has 1 aliphatic carbocycles. The molecule has 4 heteroatoms. The van der Waals surface area contributed by atoms with Gasteiger partial charge >= 0.3 is 5.97 Å². The van der Waals surface area contributed by atoms with Crippen molar-refractivity contribution in [1.82, 2.24) is 0 Å². The summed E-state index contributed by atoms with van der Waals surface area (Å²) in [6.45, 7) is 1.89. The predicted octanol–water partition coefficient (Wildman–Crippen LogP) is 4.53. The summed E-state index contributed by atoms with van der Waals surface area (Å²) in [6.07, 6.45) is 5.51. The van der Waals surface area contributed by atoms with Crippen molar-refractivity contribution in [2.75, 3.05) is 12.4 Å². The number of carboxylic acids is 1. The summed E-state index contributed by atoms with van der Waals surface area (Å²) in [6, 6.07) is 11.9. The second-order valence-corrected chi connectivity index (χ2v) is 6.76. The molecule has 2 aromatic carbocycles. The number of allylic oxidation sites excluding steroid dienone is 2. The number of aromatic carboxylic acids is 1. The maximum Gasteiger partial charge on any atom is 0.336 e. The number of carbonyl (C=O) groups is 1. The molecule has 0 spiro atoms. The lowest BCUT2D eigenvalue weighted by molar-refractivity contribution is 0.0696. The molecule has 0 amide bonds. The zero-order valence-corrected chi connectivity index (χ0v) is 14.3. The maximum atomic E-state index is 11.5. The van der Waals surface area contributed by atoms with Crippen molar-refractivity contribution in [3.63, 3.8) is 0 Å². The van der Waals surface area contributed by atoms with E-state index in [1.807, 2.05) is 25.1 Å². The zero-order valence-electron chi connectivity index (χ0n) is 14.3. The number of hydrogen-bond acceptors (Lipinski definition) is 3. The highest BCUT2D eigenvalue weighted by molar-refractivity contribution is 5.92. The minimum atomic E-state index is -0.885. The molecule has 25 heavy (non-hydrogen) atoms. The van der Waals surface area contributed by atoms with Crippen LogP contribution < -0.4 is 10.1 Å². The zero-order chi connectivity index (χ0) is 17.6. The highest BCUT2D eigenvalue weighted by Gasteiger charge is 2.39. The van der Waals surface area contributed by atoms with Crippen molar-refractivity contribution < 1.29 is 14.6 Å². The molecule has 0 bridgehead atoms. The third-order valence-electron chi connectivity index (χ3n) is 5.48. The third-order valence-corrected chi connectivity index (χ3v) is 5.48. The Morgan fingerprint density at radius 2 is 2.12 bits per heavy atom. The van der Waals surface area contributed by atoms with Crippen molar-refractivity contribution in [2.45, 2.75) is 25.3 Å². The topological polar surface area (TPSA) is 58.6 Å². The number of ether oxygens (including phenoxy) is 1. The monoisotopic (exact) mass is 335 g/mol. The molecule has 4 rings (SSSR count). The predicted molar refractivity (Wildman–Crippen MR) is 97.5 cm³/mol. The molecule has 2 aromatic rings. The van der Waals surface area contributed by atoms with E-state index in [0.29, 0.717) is 17.4 Å². The number of carboxylic acid groups (broad SMARTS) is 1. The molecule has 1 aliphatic heterocycles. The Balaban J connectivity index is 1.83. The molecular weight excluding hydrogens is 314 g/mol. The lowest BCUT2D eigenvalue weighted by atomic mass is 9.76. The van der Waals surface area contributed by atoms with Crippen molar-refractivity contribution in [2.24, 2.45) is 5.92 Å². The Labute approximate surface area is 147 Å². The van der Waals surface area contributed by atoms with Gasteiger partial charge in [0.05, 0.1) is 18.7 Å². The molecule has 2 aliphatic rings. The average Bonchev–Trinajstić information content (AvgIpc) is 3.11. The fourth-order valence-electron chi connectivity index (χ4n) is 4.21. The Hall–Kier alpha value is -2.75. The molecule has 0 saturated heterocycles. The Morgan fingerprint density at radius 1 is 1.28 bits per heavy atom. The van der Waals surface area contributed by atoms with Crippen molar-refractivity contribution in [3.05, 3.63) is 70.8 Å². The van der Waals surface area contributed by atoms with E-state index in [0.717, 1.165) is 23.4 Å². The van der Waals surface area contributed by atoms with Crippen LogP contribution in [0, 0.1) is 12.8 Å². The van der Waals surface area contributed by atoms with Gasteiger partial charge in [0.2, 0.25) is 0 Å². The summed E-state index contributed by atoms with van der Waals surface area (Å²) in [7, 11) is 1.67. The van der Waals surface area contributed by atoms with Crippen LogP contribution >= 0.6 is 0 Å². The van der Waals surface area contributed by atoms with Gasteiger partial charge in [-0.1, -0.05) is 30.4 Å². The van der Waals surface area contributed by atoms with Crippen molar-refractivity contribution >= 4 is 11.7 Å². The lowest BCUT2D eigenvalue weighted by Crippen LogP contribution is -2.30. The lowest BCUT2D eigenvalue weighted by Gasteiger charge is -2.38. The van der Waals surface area contributed by atoms with Crippen LogP contribution in [0.15, 0.2) is 48.6 Å². The van der Waals surface area contributed by atoms with Gasteiger partial charge in [-0.15, -0.1) is 0 Å². The van der Waals surface area contributed by atoms with E-state index >= 15 is 0 Å². The molecule has 1 heterocycles. The second kappa shape index (κ2) is 5.96.